The van der Waals surface area contributed by atoms with E-state index >= 15 is 0 Å². The van der Waals surface area contributed by atoms with E-state index in [0.29, 0.717) is 29.9 Å². The van der Waals surface area contributed by atoms with Crippen LogP contribution in [0.15, 0.2) is 17.0 Å². The number of benzene rings is 1. The first-order chi connectivity index (χ1) is 8.69. The molecule has 0 saturated carbocycles. The van der Waals surface area contributed by atoms with Crippen LogP contribution in [0.3, 0.4) is 0 Å². The second-order valence-corrected chi connectivity index (χ2v) is 10.1. The molecule has 4 nitrogen and oxygen atoms in total. The van der Waals surface area contributed by atoms with Gasteiger partial charge in [0.1, 0.15) is 0 Å². The Hall–Kier alpha value is -0.200. The summed E-state index contributed by atoms with van der Waals surface area (Å²) in [5.41, 5.74) is 6.86. The molecule has 0 saturated heterocycles. The molecule has 0 fully saturated rings. The van der Waals surface area contributed by atoms with Crippen LogP contribution in [0, 0.1) is 0 Å². The van der Waals surface area contributed by atoms with Gasteiger partial charge < -0.3 is 0 Å². The van der Waals surface area contributed by atoms with Crippen molar-refractivity contribution in [1.82, 2.24) is 0 Å². The predicted molar refractivity (Wildman–Crippen MR) is 77.1 cm³/mol. The molecule has 1 aromatic rings. The summed E-state index contributed by atoms with van der Waals surface area (Å²) in [5.74, 6) is -0.188. The molecule has 0 aliphatic rings. The van der Waals surface area contributed by atoms with E-state index in [0.717, 1.165) is 12.0 Å². The van der Waals surface area contributed by atoms with Gasteiger partial charge in [0.05, 0.1) is 0 Å². The molecule has 0 heterocycles. The van der Waals surface area contributed by atoms with Crippen molar-refractivity contribution in [3.05, 3.63) is 23.3 Å². The first-order valence-corrected chi connectivity index (χ1v) is 10.2. The molecule has 2 radical (unpaired) electrons. The van der Waals surface area contributed by atoms with E-state index in [-0.39, 0.29) is 26.1 Å². The average Bonchev–Trinajstić information content (AvgIpc) is 2.38. The van der Waals surface area contributed by atoms with Gasteiger partial charge in [-0.2, -0.15) is 0 Å². The third kappa shape index (κ3) is 3.47. The normalized spacial score (nSPS) is 12.6. The summed E-state index contributed by atoms with van der Waals surface area (Å²) in [5, 5.41) is 10.1. The third-order valence-electron chi connectivity index (χ3n) is 3.59. The molecule has 0 atom stereocenters. The number of hydrogen-bond donors (Lipinski definition) is 2. The molecule has 0 aromatic heterocycles. The molecule has 0 unspecified atom stereocenters. The number of sulfone groups is 1. The number of rotatable bonds is 5. The first kappa shape index (κ1) is 16.9. The molecule has 3 N–H and O–H groups in total. The van der Waals surface area contributed by atoms with Gasteiger partial charge in [-0.15, -0.1) is 0 Å². The maximum atomic E-state index is 12.1. The molecule has 1 aromatic carbocycles. The molecule has 0 spiro atoms. The maximum absolute atomic E-state index is 12.1. The van der Waals surface area contributed by atoms with Crippen LogP contribution in [0.5, 0.6) is 5.75 Å². The standard InChI is InChI=1S/C13H20NO3S.In/c1-5-13(2,3)10-6-9(8-14)12(15)11(7-10)18(4,16)17;/h6-7,15H,4-5,8,14H2,1-3H3;. The molecule has 0 bridgehead atoms. The van der Waals surface area contributed by atoms with Crippen LogP contribution in [0.4, 0.5) is 0 Å². The van der Waals surface area contributed by atoms with Crippen molar-refractivity contribution in [3.63, 3.8) is 0 Å². The van der Waals surface area contributed by atoms with Gasteiger partial charge in [-0.05, 0) is 0 Å². The third-order valence-corrected chi connectivity index (χ3v) is 8.77. The SMILES string of the molecule is CCC(C)(C)c1cc(CN)c(O)c(S(=O)(=O)[CH2][In])c1. The predicted octanol–water partition coefficient (Wildman–Crippen LogP) is 1.44. The van der Waals surface area contributed by atoms with E-state index in [2.05, 4.69) is 20.8 Å². The zero-order valence-corrected chi connectivity index (χ0v) is 15.7. The summed E-state index contributed by atoms with van der Waals surface area (Å²) in [6.07, 6.45) is 0.877. The minimum absolute atomic E-state index is 0.0274. The monoisotopic (exact) mass is 385 g/mol. The summed E-state index contributed by atoms with van der Waals surface area (Å²) in [4.78, 5) is 0.0274. The van der Waals surface area contributed by atoms with E-state index in [1.54, 1.807) is 6.07 Å². The zero-order chi connectivity index (χ0) is 14.8. The van der Waals surface area contributed by atoms with Gasteiger partial charge in [-0.3, -0.25) is 0 Å². The van der Waals surface area contributed by atoms with Crippen LogP contribution < -0.4 is 5.73 Å². The number of hydrogen-bond acceptors (Lipinski definition) is 4. The van der Waals surface area contributed by atoms with Crippen LogP contribution in [-0.4, -0.2) is 41.4 Å². The van der Waals surface area contributed by atoms with Crippen LogP contribution in [0.25, 0.3) is 0 Å². The van der Waals surface area contributed by atoms with E-state index < -0.39 is 9.84 Å². The topological polar surface area (TPSA) is 80.4 Å². The van der Waals surface area contributed by atoms with Crippen LogP contribution in [0.1, 0.15) is 38.3 Å². The van der Waals surface area contributed by atoms with Crippen LogP contribution in [0.2, 0.25) is 0 Å². The summed E-state index contributed by atoms with van der Waals surface area (Å²) in [6.45, 7) is 6.28. The molecular formula is C13H20InNO3S. The second kappa shape index (κ2) is 6.06. The molecule has 0 amide bonds. The van der Waals surface area contributed by atoms with Gasteiger partial charge in [-0.25, -0.2) is 0 Å². The summed E-state index contributed by atoms with van der Waals surface area (Å²) < 4.78 is 24.3. The summed E-state index contributed by atoms with van der Waals surface area (Å²) >= 11 is 0.603. The van der Waals surface area contributed by atoms with Gasteiger partial charge >= 0.3 is 130 Å². The molecule has 1 rings (SSSR count). The van der Waals surface area contributed by atoms with E-state index in [9.17, 15) is 13.5 Å². The Kier molecular flexibility index (Phi) is 5.37. The molecule has 104 valence electrons. The summed E-state index contributed by atoms with van der Waals surface area (Å²) in [7, 11) is -3.40. The van der Waals surface area contributed by atoms with Crippen molar-refractivity contribution in [2.45, 2.75) is 44.0 Å². The Morgan fingerprint density at radius 1 is 1.37 bits per heavy atom. The Morgan fingerprint density at radius 3 is 2.37 bits per heavy atom. The Labute approximate surface area is 129 Å². The van der Waals surface area contributed by atoms with Gasteiger partial charge in [0, 0.05) is 0 Å². The van der Waals surface area contributed by atoms with Crippen molar-refractivity contribution in [2.75, 3.05) is 3.51 Å². The van der Waals surface area contributed by atoms with Gasteiger partial charge in [-0.1, -0.05) is 0 Å². The molecule has 0 aliphatic heterocycles. The molecule has 19 heavy (non-hydrogen) atoms. The van der Waals surface area contributed by atoms with Gasteiger partial charge in [0.25, 0.3) is 0 Å². The zero-order valence-electron chi connectivity index (χ0n) is 11.6. The summed E-state index contributed by atoms with van der Waals surface area (Å²) in [6, 6.07) is 3.41. The number of nitrogens with two attached hydrogens (primary N) is 1. The van der Waals surface area contributed by atoms with E-state index in [1.807, 2.05) is 6.07 Å². The van der Waals surface area contributed by atoms with Crippen LogP contribution >= 0.6 is 0 Å². The quantitative estimate of drug-likeness (QED) is 0.804. The van der Waals surface area contributed by atoms with Crippen molar-refractivity contribution < 1.29 is 13.5 Å². The van der Waals surface area contributed by atoms with Crippen molar-refractivity contribution >= 4 is 34.2 Å². The minimum atomic E-state index is -3.40. The van der Waals surface area contributed by atoms with E-state index in [4.69, 9.17) is 5.73 Å². The van der Waals surface area contributed by atoms with Gasteiger partial charge in [0.15, 0.2) is 0 Å². The Bertz CT molecular complexity index is 567. The fourth-order valence-electron chi connectivity index (χ4n) is 1.74. The number of phenolic OH excluding ortho intramolecular Hbond substituents is 1. The fourth-order valence-corrected chi connectivity index (χ4v) is 4.19. The second-order valence-electron chi connectivity index (χ2n) is 5.21. The van der Waals surface area contributed by atoms with Crippen molar-refractivity contribution in [1.29, 1.82) is 0 Å². The molecule has 6 heteroatoms. The Morgan fingerprint density at radius 2 is 1.95 bits per heavy atom. The van der Waals surface area contributed by atoms with Gasteiger partial charge in [0.2, 0.25) is 0 Å². The average molecular weight is 385 g/mol. The number of phenols is 1. The van der Waals surface area contributed by atoms with E-state index in [1.165, 1.54) is 0 Å². The molecule has 0 aliphatic carbocycles. The van der Waals surface area contributed by atoms with Crippen LogP contribution in [-0.2, 0) is 21.8 Å². The van der Waals surface area contributed by atoms with Crippen molar-refractivity contribution in [2.24, 2.45) is 5.73 Å². The fraction of sp³-hybridized carbons (Fsp3) is 0.538. The Balaban J connectivity index is 3.61. The molecular weight excluding hydrogens is 365 g/mol. The number of aromatic hydroxyl groups is 1. The first-order valence-electron chi connectivity index (χ1n) is 6.19. The van der Waals surface area contributed by atoms with Crippen molar-refractivity contribution in [3.8, 4) is 5.75 Å².